The van der Waals surface area contributed by atoms with Crippen LogP contribution in [-0.4, -0.2) is 21.2 Å². The Balaban J connectivity index is 1.34. The van der Waals surface area contributed by atoms with Crippen molar-refractivity contribution in [1.29, 1.82) is 5.26 Å². The number of fused-ring (bicyclic) bond motifs is 3. The van der Waals surface area contributed by atoms with Crippen LogP contribution in [0.25, 0.3) is 0 Å². The van der Waals surface area contributed by atoms with E-state index in [-0.39, 0.29) is 35.5 Å². The van der Waals surface area contributed by atoms with Gasteiger partial charge in [0.05, 0.1) is 17.8 Å². The minimum Gasteiger partial charge on any atom is -0.297 e. The fourth-order valence-electron chi connectivity index (χ4n) is 8.60. The minimum atomic E-state index is -1.02. The molecule has 0 saturated heterocycles. The van der Waals surface area contributed by atoms with Gasteiger partial charge in [-0.05, 0) is 86.9 Å². The lowest BCUT2D eigenvalue weighted by Crippen LogP contribution is -2.55. The Kier molecular flexibility index (Phi) is 5.94. The maximum Gasteiger partial charge on any atom is 0.157 e. The summed E-state index contributed by atoms with van der Waals surface area (Å²) in [6.45, 7) is 6.88. The van der Waals surface area contributed by atoms with Crippen molar-refractivity contribution >= 4 is 5.78 Å². The van der Waals surface area contributed by atoms with E-state index in [0.717, 1.165) is 69.9 Å². The van der Waals surface area contributed by atoms with Gasteiger partial charge in [0.2, 0.25) is 0 Å². The molecule has 180 valence electrons. The number of carbonyl (C=O) groups excluding carboxylic acids is 1. The first-order valence-electron chi connectivity index (χ1n) is 13.5. The number of carbonyl (C=O) groups is 1. The Labute approximate surface area is 198 Å². The number of ketones is 1. The zero-order valence-electron chi connectivity index (χ0n) is 20.7. The highest BCUT2D eigenvalue weighted by Crippen LogP contribution is 2.65. The van der Waals surface area contributed by atoms with Crippen LogP contribution in [0.5, 0.6) is 0 Å². The number of rotatable bonds is 7. The van der Waals surface area contributed by atoms with Gasteiger partial charge in [-0.3, -0.25) is 9.48 Å². The van der Waals surface area contributed by atoms with Crippen molar-refractivity contribution in [2.24, 2.45) is 35.0 Å². The topological polar surface area (TPSA) is 58.7 Å². The zero-order chi connectivity index (χ0) is 23.4. The number of aromatic nitrogens is 2. The van der Waals surface area contributed by atoms with Crippen molar-refractivity contribution in [3.05, 3.63) is 17.5 Å². The van der Waals surface area contributed by atoms with E-state index in [1.54, 1.807) is 10.9 Å². The minimum absolute atomic E-state index is 0.0189. The Bertz CT molecular complexity index is 945. The lowest BCUT2D eigenvalue weighted by Gasteiger charge is -2.57. The van der Waals surface area contributed by atoms with Crippen LogP contribution in [0, 0.1) is 46.3 Å². The third-order valence-electron chi connectivity index (χ3n) is 10.3. The molecular formula is C28H40FN3O. The van der Waals surface area contributed by atoms with Crippen molar-refractivity contribution in [2.45, 2.75) is 110 Å². The summed E-state index contributed by atoms with van der Waals surface area (Å²) in [5.74, 6) is 1.97. The monoisotopic (exact) mass is 453 g/mol. The third kappa shape index (κ3) is 3.67. The maximum absolute atomic E-state index is 16.5. The highest BCUT2D eigenvalue weighted by Gasteiger charge is 2.61. The lowest BCUT2D eigenvalue weighted by molar-refractivity contribution is -0.138. The summed E-state index contributed by atoms with van der Waals surface area (Å²) in [5, 5.41) is 14.1. The Morgan fingerprint density at radius 1 is 1.18 bits per heavy atom. The van der Waals surface area contributed by atoms with Crippen molar-refractivity contribution in [3.8, 4) is 6.07 Å². The zero-order valence-corrected chi connectivity index (χ0v) is 20.7. The van der Waals surface area contributed by atoms with Crippen LogP contribution >= 0.6 is 0 Å². The van der Waals surface area contributed by atoms with Crippen LogP contribution < -0.4 is 0 Å². The summed E-state index contributed by atoms with van der Waals surface area (Å²) in [7, 11) is 0. The number of nitrogens with zero attached hydrogens (tertiary/aromatic N) is 3. The third-order valence-corrected chi connectivity index (χ3v) is 10.3. The molecule has 0 bridgehead atoms. The smallest absolute Gasteiger partial charge is 0.157 e. The molecule has 0 amide bonds. The number of nitriles is 1. The predicted molar refractivity (Wildman–Crippen MR) is 126 cm³/mol. The average molecular weight is 454 g/mol. The number of halogens is 1. The number of alkyl halides is 1. The Hall–Kier alpha value is -1.70. The van der Waals surface area contributed by atoms with E-state index in [4.69, 9.17) is 0 Å². The fourth-order valence-corrected chi connectivity index (χ4v) is 8.60. The summed E-state index contributed by atoms with van der Waals surface area (Å²) in [5.41, 5.74) is 0.473. The summed E-state index contributed by atoms with van der Waals surface area (Å²) >= 11 is 0. The van der Waals surface area contributed by atoms with E-state index >= 15 is 4.39 Å². The summed E-state index contributed by atoms with van der Waals surface area (Å²) < 4.78 is 18.3. The molecule has 0 spiro atoms. The molecule has 7 atom stereocenters. The largest absolute Gasteiger partial charge is 0.297 e. The van der Waals surface area contributed by atoms with Gasteiger partial charge in [0.1, 0.15) is 11.7 Å². The van der Waals surface area contributed by atoms with E-state index < -0.39 is 5.67 Å². The molecule has 4 nitrogen and oxygen atoms in total. The van der Waals surface area contributed by atoms with Crippen LogP contribution in [0.2, 0.25) is 0 Å². The molecular weight excluding hydrogens is 413 g/mol. The van der Waals surface area contributed by atoms with Crippen molar-refractivity contribution < 1.29 is 9.18 Å². The second-order valence-electron chi connectivity index (χ2n) is 11.9. The standard InChI is InChI=1S/C28H40FN3O/c1-4-13-28(29)20(5-2)8-9-21-22-10-11-24(27(22,3)14-12-23(21)28)25(33)17-32-16-19(15-30)26(31-32)18-6-7-18/h16,18,20-24H,4-14,17H2,1-3H3. The SMILES string of the molecule is CCCC1(F)C(CC)CCC2C3CCC(C(=O)Cn4cc(C#N)c(C5CC5)n4)C3(C)CCC21. The molecule has 1 aromatic rings. The van der Waals surface area contributed by atoms with E-state index in [9.17, 15) is 10.1 Å². The first-order chi connectivity index (χ1) is 15.9. The van der Waals surface area contributed by atoms with Crippen molar-refractivity contribution in [2.75, 3.05) is 0 Å². The number of Topliss-reactive ketones (excluding diaryl/α,β-unsaturated/α-hetero) is 1. The molecule has 4 aliphatic carbocycles. The predicted octanol–water partition coefficient (Wildman–Crippen LogP) is 6.59. The molecule has 5 rings (SSSR count). The average Bonchev–Trinajstić information content (AvgIpc) is 3.45. The fraction of sp³-hybridized carbons (Fsp3) is 0.821. The van der Waals surface area contributed by atoms with Gasteiger partial charge in [0.25, 0.3) is 0 Å². The van der Waals surface area contributed by atoms with Gasteiger partial charge in [-0.2, -0.15) is 10.4 Å². The van der Waals surface area contributed by atoms with E-state index in [1.165, 1.54) is 0 Å². The molecule has 5 heteroatoms. The van der Waals surface area contributed by atoms with Gasteiger partial charge < -0.3 is 0 Å². The molecule has 1 aromatic heterocycles. The molecule has 0 aromatic carbocycles. The first-order valence-corrected chi connectivity index (χ1v) is 13.5. The molecule has 7 unspecified atom stereocenters. The Morgan fingerprint density at radius 3 is 2.64 bits per heavy atom. The molecule has 0 aliphatic heterocycles. The molecule has 4 aliphatic rings. The van der Waals surface area contributed by atoms with Crippen molar-refractivity contribution in [1.82, 2.24) is 9.78 Å². The van der Waals surface area contributed by atoms with Gasteiger partial charge in [-0.15, -0.1) is 0 Å². The van der Waals surface area contributed by atoms with Crippen LogP contribution in [0.15, 0.2) is 6.20 Å². The van der Waals surface area contributed by atoms with Gasteiger partial charge >= 0.3 is 0 Å². The van der Waals surface area contributed by atoms with Gasteiger partial charge in [-0.25, -0.2) is 4.39 Å². The van der Waals surface area contributed by atoms with E-state index in [0.29, 0.717) is 29.7 Å². The quantitative estimate of drug-likeness (QED) is 0.468. The second-order valence-corrected chi connectivity index (χ2v) is 11.9. The van der Waals surface area contributed by atoms with Gasteiger partial charge in [-0.1, -0.05) is 33.6 Å². The molecule has 33 heavy (non-hydrogen) atoms. The number of hydrogen-bond donors (Lipinski definition) is 0. The molecule has 1 heterocycles. The molecule has 0 N–H and O–H groups in total. The normalized spacial score (nSPS) is 40.2. The maximum atomic E-state index is 16.5. The van der Waals surface area contributed by atoms with Crippen molar-refractivity contribution in [3.63, 3.8) is 0 Å². The molecule has 0 radical (unpaired) electrons. The van der Waals surface area contributed by atoms with Gasteiger partial charge in [0, 0.05) is 18.0 Å². The van der Waals surface area contributed by atoms with Crippen LogP contribution in [0.1, 0.15) is 109 Å². The first kappa shape index (κ1) is 23.1. The molecule has 4 saturated carbocycles. The molecule has 4 fully saturated rings. The van der Waals surface area contributed by atoms with E-state index in [1.807, 2.05) is 0 Å². The highest BCUT2D eigenvalue weighted by atomic mass is 19.1. The summed E-state index contributed by atoms with van der Waals surface area (Å²) in [4.78, 5) is 13.5. The van der Waals surface area contributed by atoms with Crippen LogP contribution in [0.4, 0.5) is 4.39 Å². The van der Waals surface area contributed by atoms with E-state index in [2.05, 4.69) is 31.9 Å². The summed E-state index contributed by atoms with van der Waals surface area (Å²) in [6.07, 6.45) is 12.5. The highest BCUT2D eigenvalue weighted by molar-refractivity contribution is 5.82. The van der Waals surface area contributed by atoms with Crippen LogP contribution in [-0.2, 0) is 11.3 Å². The number of hydrogen-bond acceptors (Lipinski definition) is 3. The Morgan fingerprint density at radius 2 is 1.97 bits per heavy atom. The lowest BCUT2D eigenvalue weighted by atomic mass is 9.49. The van der Waals surface area contributed by atoms with Crippen LogP contribution in [0.3, 0.4) is 0 Å². The summed E-state index contributed by atoms with van der Waals surface area (Å²) in [6, 6.07) is 2.26. The van der Waals surface area contributed by atoms with Gasteiger partial charge in [0.15, 0.2) is 5.78 Å². The second kappa shape index (κ2) is 8.51.